The Hall–Kier alpha value is -1.24. The molecule has 0 saturated carbocycles. The molecule has 0 saturated heterocycles. The van der Waals surface area contributed by atoms with Crippen molar-refractivity contribution in [3.8, 4) is 0 Å². The number of esters is 1. The number of rotatable bonds is 5. The average Bonchev–Trinajstić information content (AvgIpc) is 2.28. The highest BCUT2D eigenvalue weighted by Crippen LogP contribution is 2.25. The van der Waals surface area contributed by atoms with E-state index in [2.05, 4.69) is 20.9 Å². The molecule has 0 spiro atoms. The minimum absolute atomic E-state index is 0.123. The second-order valence-electron chi connectivity index (χ2n) is 3.46. The van der Waals surface area contributed by atoms with E-state index in [4.69, 9.17) is 4.74 Å². The molecule has 0 atom stereocenters. The second-order valence-corrected chi connectivity index (χ2v) is 4.02. The van der Waals surface area contributed by atoms with Crippen LogP contribution in [0.4, 0.5) is 8.78 Å². The van der Waals surface area contributed by atoms with Gasteiger partial charge in [-0.15, -0.1) is 0 Å². The molecule has 0 amide bonds. The Labute approximate surface area is 110 Å². The monoisotopic (exact) mass is 323 g/mol. The van der Waals surface area contributed by atoms with Gasteiger partial charge >= 0.3 is 5.97 Å². The fourth-order valence-corrected chi connectivity index (χ4v) is 2.18. The van der Waals surface area contributed by atoms with Crippen LogP contribution in [0.25, 0.3) is 0 Å². The Bertz CT molecular complexity index is 488. The highest BCUT2D eigenvalue weighted by molar-refractivity contribution is 9.08. The van der Waals surface area contributed by atoms with Crippen LogP contribution in [0.1, 0.15) is 30.2 Å². The van der Waals surface area contributed by atoms with Crippen molar-refractivity contribution in [3.63, 3.8) is 0 Å². The van der Waals surface area contributed by atoms with E-state index in [0.29, 0.717) is 0 Å². The summed E-state index contributed by atoms with van der Waals surface area (Å²) in [5.41, 5.74) is -0.644. The predicted octanol–water partition coefficient (Wildman–Crippen LogP) is 2.31. The zero-order valence-electron chi connectivity index (χ0n) is 9.63. The Morgan fingerprint density at radius 1 is 1.56 bits per heavy atom. The molecule has 0 aliphatic rings. The quantitative estimate of drug-likeness (QED) is 0.668. The summed E-state index contributed by atoms with van der Waals surface area (Å²) >= 11 is 3.07. The molecule has 0 fully saturated rings. The van der Waals surface area contributed by atoms with Gasteiger partial charge in [0.05, 0.1) is 13.0 Å². The molecule has 1 rings (SSSR count). The summed E-state index contributed by atoms with van der Waals surface area (Å²) in [6.45, 7) is 1.84. The van der Waals surface area contributed by atoms with Gasteiger partial charge in [-0.3, -0.25) is 9.59 Å². The van der Waals surface area contributed by atoms with Crippen LogP contribution < -0.4 is 5.56 Å². The molecule has 7 heteroatoms. The van der Waals surface area contributed by atoms with E-state index < -0.39 is 18.0 Å². The molecule has 0 bridgehead atoms. The fourth-order valence-electron chi connectivity index (χ4n) is 1.52. The normalized spacial score (nSPS) is 10.7. The Balaban J connectivity index is 3.17. The van der Waals surface area contributed by atoms with Crippen LogP contribution in [0.15, 0.2) is 10.9 Å². The maximum absolute atomic E-state index is 12.8. The number of carbonyl (C=O) groups excluding carboxylic acids is 1. The summed E-state index contributed by atoms with van der Waals surface area (Å²) in [5, 5.41) is 0.123. The number of aromatic amines is 1. The van der Waals surface area contributed by atoms with Crippen molar-refractivity contribution in [2.24, 2.45) is 0 Å². The van der Waals surface area contributed by atoms with Gasteiger partial charge < -0.3 is 9.72 Å². The number of aromatic nitrogens is 1. The third-order valence-corrected chi connectivity index (χ3v) is 2.83. The van der Waals surface area contributed by atoms with Gasteiger partial charge in [0.15, 0.2) is 0 Å². The molecule has 4 nitrogen and oxygen atoms in total. The number of H-pyrrole nitrogens is 1. The lowest BCUT2D eigenvalue weighted by Gasteiger charge is -2.11. The molecule has 1 N–H and O–H groups in total. The van der Waals surface area contributed by atoms with E-state index in [9.17, 15) is 18.4 Å². The van der Waals surface area contributed by atoms with Gasteiger partial charge in [-0.1, -0.05) is 15.9 Å². The zero-order chi connectivity index (χ0) is 13.7. The number of hydrogen-bond donors (Lipinski definition) is 1. The first-order chi connectivity index (χ1) is 8.49. The maximum atomic E-state index is 12.8. The summed E-state index contributed by atoms with van der Waals surface area (Å²) in [6.07, 6.45) is -2.99. The van der Waals surface area contributed by atoms with E-state index in [1.54, 1.807) is 6.92 Å². The smallest absolute Gasteiger partial charge is 0.311 e. The number of halogens is 3. The summed E-state index contributed by atoms with van der Waals surface area (Å²) in [4.78, 5) is 25.0. The summed E-state index contributed by atoms with van der Waals surface area (Å²) in [6, 6.07) is 0.843. The van der Waals surface area contributed by atoms with E-state index >= 15 is 0 Å². The number of pyridine rings is 1. The van der Waals surface area contributed by atoms with Gasteiger partial charge in [0.25, 0.3) is 6.43 Å². The van der Waals surface area contributed by atoms with Crippen molar-refractivity contribution in [1.29, 1.82) is 0 Å². The van der Waals surface area contributed by atoms with Gasteiger partial charge in [-0.2, -0.15) is 0 Å². The standard InChI is InChI=1S/C11H12BrF2NO3/c1-2-18-10(17)4-8-7(5-12)6(11(13)14)3-9(16)15-8/h3,11H,2,4-5H2,1H3,(H,15,16). The highest BCUT2D eigenvalue weighted by Gasteiger charge is 2.19. The number of nitrogens with one attached hydrogen (secondary N) is 1. The van der Waals surface area contributed by atoms with Gasteiger partial charge in [-0.25, -0.2) is 8.78 Å². The first-order valence-corrected chi connectivity index (χ1v) is 6.36. The largest absolute Gasteiger partial charge is 0.466 e. The number of hydrogen-bond acceptors (Lipinski definition) is 3. The van der Waals surface area contributed by atoms with Crippen LogP contribution in [0, 0.1) is 0 Å². The molecule has 100 valence electrons. The van der Waals surface area contributed by atoms with Crippen LogP contribution in [-0.2, 0) is 21.3 Å². The van der Waals surface area contributed by atoms with E-state index in [1.807, 2.05) is 0 Å². The van der Waals surface area contributed by atoms with Gasteiger partial charge in [0.1, 0.15) is 0 Å². The third-order valence-electron chi connectivity index (χ3n) is 2.27. The lowest BCUT2D eigenvalue weighted by Crippen LogP contribution is -2.18. The van der Waals surface area contributed by atoms with Crippen LogP contribution in [0.5, 0.6) is 0 Å². The second kappa shape index (κ2) is 6.63. The molecule has 0 radical (unpaired) electrons. The van der Waals surface area contributed by atoms with Crippen molar-refractivity contribution in [1.82, 2.24) is 4.98 Å². The fraction of sp³-hybridized carbons (Fsp3) is 0.455. The average molecular weight is 324 g/mol. The molecule has 1 aromatic rings. The third kappa shape index (κ3) is 3.63. The summed E-state index contributed by atoms with van der Waals surface area (Å²) in [7, 11) is 0. The number of alkyl halides is 3. The first kappa shape index (κ1) is 14.8. The van der Waals surface area contributed by atoms with E-state index in [-0.39, 0.29) is 35.2 Å². The molecular weight excluding hydrogens is 312 g/mol. The van der Waals surface area contributed by atoms with Crippen LogP contribution in [-0.4, -0.2) is 17.6 Å². The van der Waals surface area contributed by atoms with Crippen molar-refractivity contribution in [2.75, 3.05) is 6.61 Å². The molecule has 0 unspecified atom stereocenters. The maximum Gasteiger partial charge on any atom is 0.311 e. The van der Waals surface area contributed by atoms with Gasteiger partial charge in [0, 0.05) is 22.7 Å². The number of ether oxygens (including phenoxy) is 1. The Morgan fingerprint density at radius 3 is 2.72 bits per heavy atom. The highest BCUT2D eigenvalue weighted by atomic mass is 79.9. The number of carbonyl (C=O) groups is 1. The molecule has 0 aliphatic heterocycles. The topological polar surface area (TPSA) is 59.2 Å². The van der Waals surface area contributed by atoms with E-state index in [0.717, 1.165) is 6.07 Å². The minimum Gasteiger partial charge on any atom is -0.466 e. The molecule has 0 aliphatic carbocycles. The van der Waals surface area contributed by atoms with Gasteiger partial charge in [-0.05, 0) is 12.5 Å². The first-order valence-electron chi connectivity index (χ1n) is 5.24. The van der Waals surface area contributed by atoms with Crippen molar-refractivity contribution in [3.05, 3.63) is 33.2 Å². The molecule has 1 aromatic heterocycles. The molecular formula is C11H12BrF2NO3. The van der Waals surface area contributed by atoms with Crippen LogP contribution >= 0.6 is 15.9 Å². The zero-order valence-corrected chi connectivity index (χ0v) is 11.2. The Kier molecular flexibility index (Phi) is 5.46. The van der Waals surface area contributed by atoms with Crippen LogP contribution in [0.2, 0.25) is 0 Å². The SMILES string of the molecule is CCOC(=O)Cc1[nH]c(=O)cc(C(F)F)c1CBr. The summed E-state index contributed by atoms with van der Waals surface area (Å²) < 4.78 is 30.3. The van der Waals surface area contributed by atoms with Crippen molar-refractivity contribution >= 4 is 21.9 Å². The van der Waals surface area contributed by atoms with Crippen molar-refractivity contribution in [2.45, 2.75) is 25.1 Å². The van der Waals surface area contributed by atoms with Crippen LogP contribution in [0.3, 0.4) is 0 Å². The van der Waals surface area contributed by atoms with E-state index in [1.165, 1.54) is 0 Å². The molecule has 1 heterocycles. The molecule has 18 heavy (non-hydrogen) atoms. The molecule has 0 aromatic carbocycles. The summed E-state index contributed by atoms with van der Waals surface area (Å²) in [5.74, 6) is -0.568. The van der Waals surface area contributed by atoms with Gasteiger partial charge in [0.2, 0.25) is 5.56 Å². The Morgan fingerprint density at radius 2 is 2.22 bits per heavy atom. The lowest BCUT2D eigenvalue weighted by molar-refractivity contribution is -0.142. The lowest BCUT2D eigenvalue weighted by atomic mass is 10.1. The minimum atomic E-state index is -2.76. The predicted molar refractivity (Wildman–Crippen MR) is 65.0 cm³/mol. The van der Waals surface area contributed by atoms with Crippen molar-refractivity contribution < 1.29 is 18.3 Å².